The molecule has 2 heterocycles. The summed E-state index contributed by atoms with van der Waals surface area (Å²) >= 11 is 6.02. The number of alkyl halides is 3. The first-order valence-corrected chi connectivity index (χ1v) is 8.79. The van der Waals surface area contributed by atoms with E-state index in [-0.39, 0.29) is 0 Å². The van der Waals surface area contributed by atoms with Crippen molar-refractivity contribution < 1.29 is 22.7 Å². The smallest absolute Gasteiger partial charge is 0.431 e. The lowest BCUT2D eigenvalue weighted by Crippen LogP contribution is -2.35. The number of fused-ring (bicyclic) bond motifs is 2. The Kier molecular flexibility index (Phi) is 4.58. The first kappa shape index (κ1) is 19.1. The Bertz CT molecular complexity index is 1170. The van der Waals surface area contributed by atoms with Crippen LogP contribution < -0.4 is 15.6 Å². The number of aromatic amines is 1. The average molecular weight is 421 g/mol. The van der Waals surface area contributed by atoms with Crippen LogP contribution in [0.4, 0.5) is 13.2 Å². The first-order chi connectivity index (χ1) is 13.7. The summed E-state index contributed by atoms with van der Waals surface area (Å²) in [7, 11) is 0. The summed E-state index contributed by atoms with van der Waals surface area (Å²) in [6.07, 6.45) is -4.72. The van der Waals surface area contributed by atoms with Gasteiger partial charge in [-0.15, -0.1) is 0 Å². The molecule has 0 fully saturated rings. The second-order valence-electron chi connectivity index (χ2n) is 6.34. The van der Waals surface area contributed by atoms with E-state index in [1.165, 1.54) is 0 Å². The zero-order chi connectivity index (χ0) is 20.8. The van der Waals surface area contributed by atoms with Crippen LogP contribution in [0.5, 0.6) is 11.5 Å². The number of para-hydroxylation sites is 1. The molecule has 29 heavy (non-hydrogen) atoms. The molecular formula is C20H12ClF3N2O3. The van der Waals surface area contributed by atoms with Crippen molar-refractivity contribution >= 4 is 17.5 Å². The summed E-state index contributed by atoms with van der Waals surface area (Å²) in [6, 6.07) is 12.7. The molecule has 4 rings (SSSR count). The Balaban J connectivity index is 1.71. The second-order valence-corrected chi connectivity index (χ2v) is 6.78. The van der Waals surface area contributed by atoms with Crippen molar-refractivity contribution in [3.8, 4) is 11.5 Å². The van der Waals surface area contributed by atoms with Crippen LogP contribution >= 0.6 is 11.6 Å². The molecule has 0 bridgehead atoms. The fraction of sp³-hybridized carbons (Fsp3) is 0.100. The van der Waals surface area contributed by atoms with E-state index in [9.17, 15) is 22.8 Å². The summed E-state index contributed by atoms with van der Waals surface area (Å²) in [5.41, 5.74) is -1.55. The van der Waals surface area contributed by atoms with Gasteiger partial charge in [-0.3, -0.25) is 9.59 Å². The normalized spacial score (nSPS) is 15.1. The Labute approximate surface area is 167 Å². The molecule has 1 aliphatic rings. The molecule has 5 nitrogen and oxygen atoms in total. The van der Waals surface area contributed by atoms with Crippen molar-refractivity contribution in [2.75, 3.05) is 0 Å². The number of nitrogens with one attached hydrogen (secondary N) is 2. The third-order valence-corrected chi connectivity index (χ3v) is 4.71. The van der Waals surface area contributed by atoms with E-state index < -0.39 is 34.9 Å². The highest BCUT2D eigenvalue weighted by molar-refractivity contribution is 6.30. The SMILES string of the molecule is O=C(NC1c2ccccc2Oc2cc(Cl)ccc21)c1ccc(C(F)(F)F)[nH]c1=O. The maximum absolute atomic E-state index is 12.7. The molecule has 0 saturated carbocycles. The van der Waals surface area contributed by atoms with Gasteiger partial charge >= 0.3 is 6.18 Å². The van der Waals surface area contributed by atoms with Crippen LogP contribution in [0.2, 0.25) is 5.02 Å². The zero-order valence-corrected chi connectivity index (χ0v) is 15.3. The minimum Gasteiger partial charge on any atom is -0.457 e. The van der Waals surface area contributed by atoms with E-state index in [0.717, 1.165) is 6.07 Å². The van der Waals surface area contributed by atoms with E-state index in [1.54, 1.807) is 47.4 Å². The Morgan fingerprint density at radius 1 is 1.03 bits per heavy atom. The number of carbonyl (C=O) groups excluding carboxylic acids is 1. The Morgan fingerprint density at radius 2 is 1.76 bits per heavy atom. The number of amides is 1. The van der Waals surface area contributed by atoms with E-state index in [2.05, 4.69) is 5.32 Å². The lowest BCUT2D eigenvalue weighted by molar-refractivity contribution is -0.141. The molecule has 1 aliphatic heterocycles. The van der Waals surface area contributed by atoms with Gasteiger partial charge in [0.2, 0.25) is 0 Å². The van der Waals surface area contributed by atoms with Gasteiger partial charge in [0.1, 0.15) is 22.8 Å². The van der Waals surface area contributed by atoms with Crippen molar-refractivity contribution in [3.05, 3.63) is 92.4 Å². The highest BCUT2D eigenvalue weighted by atomic mass is 35.5. The third-order valence-electron chi connectivity index (χ3n) is 4.47. The van der Waals surface area contributed by atoms with Gasteiger partial charge in [-0.2, -0.15) is 13.2 Å². The highest BCUT2D eigenvalue weighted by Gasteiger charge is 2.33. The third kappa shape index (κ3) is 3.58. The molecule has 3 aromatic rings. The molecule has 0 aliphatic carbocycles. The zero-order valence-electron chi connectivity index (χ0n) is 14.5. The van der Waals surface area contributed by atoms with Gasteiger partial charge in [-0.05, 0) is 30.3 Å². The molecule has 0 spiro atoms. The summed E-state index contributed by atoms with van der Waals surface area (Å²) < 4.78 is 44.0. The molecule has 148 valence electrons. The van der Waals surface area contributed by atoms with Gasteiger partial charge in [0, 0.05) is 16.1 Å². The number of hydrogen-bond donors (Lipinski definition) is 2. The second kappa shape index (κ2) is 6.97. The number of carbonyl (C=O) groups is 1. The lowest BCUT2D eigenvalue weighted by Gasteiger charge is -2.29. The molecule has 1 atom stereocenters. The molecule has 1 aromatic heterocycles. The van der Waals surface area contributed by atoms with Gasteiger partial charge in [0.25, 0.3) is 11.5 Å². The predicted octanol–water partition coefficient (Wildman–Crippen LogP) is 4.67. The number of hydrogen-bond acceptors (Lipinski definition) is 3. The maximum Gasteiger partial charge on any atom is 0.431 e. The minimum absolute atomic E-state index is 0.433. The fourth-order valence-corrected chi connectivity index (χ4v) is 3.28. The van der Waals surface area contributed by atoms with Crippen LogP contribution in [0.25, 0.3) is 0 Å². The molecule has 2 N–H and O–H groups in total. The number of halogens is 4. The van der Waals surface area contributed by atoms with Crippen LogP contribution in [0.1, 0.15) is 33.2 Å². The number of pyridine rings is 1. The summed E-state index contributed by atoms with van der Waals surface area (Å²) in [5.74, 6) is 0.110. The summed E-state index contributed by atoms with van der Waals surface area (Å²) in [5, 5.41) is 3.14. The number of benzene rings is 2. The van der Waals surface area contributed by atoms with Crippen molar-refractivity contribution in [2.24, 2.45) is 0 Å². The maximum atomic E-state index is 12.7. The largest absolute Gasteiger partial charge is 0.457 e. The molecule has 0 saturated heterocycles. The van der Waals surface area contributed by atoms with Gasteiger partial charge in [0.05, 0.1) is 6.04 Å². The highest BCUT2D eigenvalue weighted by Crippen LogP contribution is 2.43. The molecule has 0 radical (unpaired) electrons. The standard InChI is InChI=1S/C20H12ClF3N2O3/c21-10-5-6-12-15(9-10)29-14-4-2-1-3-11(14)17(12)26-19(28)13-7-8-16(20(22,23)24)25-18(13)27/h1-9,17H,(H,25,27)(H,26,28). The molecule has 1 amide bonds. The quantitative estimate of drug-likeness (QED) is 0.632. The summed E-state index contributed by atoms with van der Waals surface area (Å²) in [4.78, 5) is 26.4. The van der Waals surface area contributed by atoms with E-state index >= 15 is 0 Å². The Hall–Kier alpha value is -3.26. The van der Waals surface area contributed by atoms with Crippen LogP contribution in [0, 0.1) is 0 Å². The lowest BCUT2D eigenvalue weighted by atomic mass is 9.94. The Morgan fingerprint density at radius 3 is 2.48 bits per heavy atom. The number of rotatable bonds is 2. The van der Waals surface area contributed by atoms with Crippen molar-refractivity contribution in [1.29, 1.82) is 0 Å². The molecule has 1 unspecified atom stereocenters. The monoisotopic (exact) mass is 420 g/mol. The van der Waals surface area contributed by atoms with E-state index in [4.69, 9.17) is 16.3 Å². The van der Waals surface area contributed by atoms with E-state index in [1.807, 2.05) is 0 Å². The van der Waals surface area contributed by atoms with Gasteiger partial charge < -0.3 is 15.0 Å². The average Bonchev–Trinajstić information content (AvgIpc) is 2.66. The van der Waals surface area contributed by atoms with E-state index in [0.29, 0.717) is 33.7 Å². The van der Waals surface area contributed by atoms with Crippen molar-refractivity contribution in [3.63, 3.8) is 0 Å². The predicted molar refractivity (Wildman–Crippen MR) is 99.3 cm³/mol. The van der Waals surface area contributed by atoms with Gasteiger partial charge in [0.15, 0.2) is 0 Å². The van der Waals surface area contributed by atoms with Crippen molar-refractivity contribution in [1.82, 2.24) is 10.3 Å². The summed E-state index contributed by atoms with van der Waals surface area (Å²) in [6.45, 7) is 0. The fourth-order valence-electron chi connectivity index (χ4n) is 3.12. The van der Waals surface area contributed by atoms with Crippen LogP contribution in [-0.2, 0) is 6.18 Å². The van der Waals surface area contributed by atoms with Crippen LogP contribution in [-0.4, -0.2) is 10.9 Å². The topological polar surface area (TPSA) is 71.2 Å². The van der Waals surface area contributed by atoms with Crippen LogP contribution in [0.15, 0.2) is 59.4 Å². The first-order valence-electron chi connectivity index (χ1n) is 8.41. The molecule has 9 heteroatoms. The number of H-pyrrole nitrogens is 1. The minimum atomic E-state index is -4.72. The van der Waals surface area contributed by atoms with Gasteiger partial charge in [-0.1, -0.05) is 35.9 Å². The van der Waals surface area contributed by atoms with Crippen LogP contribution in [0.3, 0.4) is 0 Å². The molecule has 2 aromatic carbocycles. The number of aromatic nitrogens is 1. The number of ether oxygens (including phenoxy) is 1. The van der Waals surface area contributed by atoms with Gasteiger partial charge in [-0.25, -0.2) is 0 Å². The van der Waals surface area contributed by atoms with Crippen molar-refractivity contribution in [2.45, 2.75) is 12.2 Å². The molecular weight excluding hydrogens is 409 g/mol.